The second-order valence-electron chi connectivity index (χ2n) is 5.53. The van der Waals surface area contributed by atoms with E-state index in [4.69, 9.17) is 5.26 Å². The van der Waals surface area contributed by atoms with Crippen molar-refractivity contribution < 1.29 is 4.39 Å². The predicted octanol–water partition coefficient (Wildman–Crippen LogP) is 3.18. The molecule has 0 aliphatic carbocycles. The molecule has 1 aromatic rings. The Balaban J connectivity index is 2.12. The van der Waals surface area contributed by atoms with Gasteiger partial charge in [0.2, 0.25) is 0 Å². The number of likely N-dealkylation sites (tertiary alicyclic amines) is 1. The molecule has 0 spiro atoms. The molecule has 2 unspecified atom stereocenters. The highest BCUT2D eigenvalue weighted by Crippen LogP contribution is 2.23. The Morgan fingerprint density at radius 1 is 1.33 bits per heavy atom. The summed E-state index contributed by atoms with van der Waals surface area (Å²) in [6.45, 7) is 7.12. The molecule has 18 heavy (non-hydrogen) atoms. The Bertz CT molecular complexity index is 454. The molecular weight excluding hydrogens is 227 g/mol. The van der Waals surface area contributed by atoms with Crippen LogP contribution >= 0.6 is 0 Å². The van der Waals surface area contributed by atoms with Crippen molar-refractivity contribution >= 4 is 0 Å². The Kier molecular flexibility index (Phi) is 3.98. The summed E-state index contributed by atoms with van der Waals surface area (Å²) in [5, 5.41) is 8.83. The second-order valence-corrected chi connectivity index (χ2v) is 5.53. The fraction of sp³-hybridized carbons (Fsp3) is 0.533. The number of halogens is 1. The minimum atomic E-state index is -0.356. The minimum Gasteiger partial charge on any atom is -0.298 e. The van der Waals surface area contributed by atoms with Gasteiger partial charge >= 0.3 is 0 Å². The summed E-state index contributed by atoms with van der Waals surface area (Å²) >= 11 is 0. The summed E-state index contributed by atoms with van der Waals surface area (Å²) < 4.78 is 14.0. The molecule has 0 saturated carbocycles. The molecule has 1 aromatic carbocycles. The summed E-state index contributed by atoms with van der Waals surface area (Å²) in [4.78, 5) is 2.29. The molecule has 2 nitrogen and oxygen atoms in total. The van der Waals surface area contributed by atoms with E-state index in [2.05, 4.69) is 18.7 Å². The first-order valence-corrected chi connectivity index (χ1v) is 6.50. The number of hydrogen-bond acceptors (Lipinski definition) is 2. The zero-order chi connectivity index (χ0) is 13.1. The van der Waals surface area contributed by atoms with E-state index in [9.17, 15) is 4.39 Å². The molecule has 0 aromatic heterocycles. The minimum absolute atomic E-state index is 0.144. The lowest BCUT2D eigenvalue weighted by atomic mass is 9.91. The average Bonchev–Trinajstić information content (AvgIpc) is 2.30. The van der Waals surface area contributed by atoms with Crippen LogP contribution in [0.25, 0.3) is 0 Å². The van der Waals surface area contributed by atoms with Crippen molar-refractivity contribution in [2.45, 2.75) is 26.8 Å². The van der Waals surface area contributed by atoms with E-state index in [1.165, 1.54) is 12.5 Å². The van der Waals surface area contributed by atoms with Crippen molar-refractivity contribution in [3.05, 3.63) is 35.1 Å². The number of nitriles is 1. The van der Waals surface area contributed by atoms with E-state index in [1.54, 1.807) is 12.1 Å². The molecular formula is C15H19FN2. The van der Waals surface area contributed by atoms with Gasteiger partial charge < -0.3 is 0 Å². The first-order valence-electron chi connectivity index (χ1n) is 6.50. The highest BCUT2D eigenvalue weighted by molar-refractivity contribution is 5.34. The molecule has 1 fully saturated rings. The van der Waals surface area contributed by atoms with Crippen molar-refractivity contribution in [2.24, 2.45) is 11.8 Å². The van der Waals surface area contributed by atoms with Gasteiger partial charge in [-0.05, 0) is 24.3 Å². The molecule has 0 radical (unpaired) electrons. The van der Waals surface area contributed by atoms with E-state index in [0.717, 1.165) is 13.1 Å². The lowest BCUT2D eigenvalue weighted by molar-refractivity contribution is 0.133. The van der Waals surface area contributed by atoms with Crippen LogP contribution in [0.15, 0.2) is 18.2 Å². The Morgan fingerprint density at radius 3 is 2.61 bits per heavy atom. The molecule has 1 saturated heterocycles. The smallest absolute Gasteiger partial charge is 0.145 e. The van der Waals surface area contributed by atoms with Crippen LogP contribution in [-0.2, 0) is 6.54 Å². The fourth-order valence-corrected chi connectivity index (χ4v) is 2.95. The molecule has 3 heteroatoms. The van der Waals surface area contributed by atoms with Crippen LogP contribution in [0.3, 0.4) is 0 Å². The quantitative estimate of drug-likeness (QED) is 0.801. The standard InChI is InChI=1S/C15H19FN2/c1-11-6-12(2)9-18(8-11)10-14-5-3-4-13(7-17)15(14)16/h3-5,11-12H,6,8-10H2,1-2H3. The Labute approximate surface area is 108 Å². The first-order chi connectivity index (χ1) is 8.60. The number of rotatable bonds is 2. The Hall–Kier alpha value is -1.40. The summed E-state index contributed by atoms with van der Waals surface area (Å²) in [5.74, 6) is 0.970. The summed E-state index contributed by atoms with van der Waals surface area (Å²) in [6, 6.07) is 6.96. The Morgan fingerprint density at radius 2 is 2.00 bits per heavy atom. The molecule has 96 valence electrons. The van der Waals surface area contributed by atoms with E-state index in [1.807, 2.05) is 6.07 Å². The van der Waals surface area contributed by atoms with E-state index < -0.39 is 0 Å². The van der Waals surface area contributed by atoms with Crippen molar-refractivity contribution in [3.63, 3.8) is 0 Å². The van der Waals surface area contributed by atoms with Gasteiger partial charge in [0.25, 0.3) is 0 Å². The number of piperidine rings is 1. The molecule has 0 N–H and O–H groups in total. The van der Waals surface area contributed by atoms with Crippen molar-refractivity contribution in [2.75, 3.05) is 13.1 Å². The van der Waals surface area contributed by atoms with Gasteiger partial charge in [0.1, 0.15) is 11.9 Å². The fourth-order valence-electron chi connectivity index (χ4n) is 2.95. The van der Waals surface area contributed by atoms with Crippen LogP contribution in [0.1, 0.15) is 31.4 Å². The van der Waals surface area contributed by atoms with E-state index in [0.29, 0.717) is 23.9 Å². The van der Waals surface area contributed by atoms with Gasteiger partial charge in [-0.15, -0.1) is 0 Å². The zero-order valence-electron chi connectivity index (χ0n) is 11.0. The molecule has 2 atom stereocenters. The highest BCUT2D eigenvalue weighted by Gasteiger charge is 2.22. The second kappa shape index (κ2) is 5.49. The van der Waals surface area contributed by atoms with Crippen LogP contribution in [0, 0.1) is 29.0 Å². The zero-order valence-corrected chi connectivity index (χ0v) is 11.0. The number of benzene rings is 1. The lowest BCUT2D eigenvalue weighted by Crippen LogP contribution is -2.38. The summed E-state index contributed by atoms with van der Waals surface area (Å²) in [5.41, 5.74) is 0.779. The van der Waals surface area contributed by atoms with Gasteiger partial charge in [0, 0.05) is 25.2 Å². The molecule has 2 rings (SSSR count). The lowest BCUT2D eigenvalue weighted by Gasteiger charge is -2.35. The van der Waals surface area contributed by atoms with Crippen LogP contribution in [-0.4, -0.2) is 18.0 Å². The number of hydrogen-bond donors (Lipinski definition) is 0. The molecule has 0 amide bonds. The van der Waals surface area contributed by atoms with E-state index >= 15 is 0 Å². The van der Waals surface area contributed by atoms with E-state index in [-0.39, 0.29) is 11.4 Å². The SMILES string of the molecule is CC1CC(C)CN(Cc2cccc(C#N)c2F)C1. The normalized spacial score (nSPS) is 24.8. The van der Waals surface area contributed by atoms with Crippen LogP contribution in [0.2, 0.25) is 0 Å². The van der Waals surface area contributed by atoms with Gasteiger partial charge in [-0.25, -0.2) is 4.39 Å². The summed E-state index contributed by atoms with van der Waals surface area (Å²) in [7, 11) is 0. The third kappa shape index (κ3) is 2.88. The topological polar surface area (TPSA) is 27.0 Å². The molecule has 1 aliphatic rings. The van der Waals surface area contributed by atoms with Gasteiger partial charge in [-0.1, -0.05) is 26.0 Å². The average molecular weight is 246 g/mol. The maximum Gasteiger partial charge on any atom is 0.145 e. The molecule has 1 aliphatic heterocycles. The first kappa shape index (κ1) is 13.0. The van der Waals surface area contributed by atoms with Gasteiger partial charge in [0.05, 0.1) is 5.56 Å². The van der Waals surface area contributed by atoms with Crippen molar-refractivity contribution in [1.82, 2.24) is 4.90 Å². The third-order valence-electron chi connectivity index (χ3n) is 3.54. The molecule has 0 bridgehead atoms. The van der Waals surface area contributed by atoms with Crippen molar-refractivity contribution in [1.29, 1.82) is 5.26 Å². The van der Waals surface area contributed by atoms with Crippen LogP contribution in [0.4, 0.5) is 4.39 Å². The van der Waals surface area contributed by atoms with Crippen LogP contribution in [0.5, 0.6) is 0 Å². The molecule has 1 heterocycles. The number of nitrogens with zero attached hydrogens (tertiary/aromatic N) is 2. The monoisotopic (exact) mass is 246 g/mol. The maximum absolute atomic E-state index is 14.0. The highest BCUT2D eigenvalue weighted by atomic mass is 19.1. The van der Waals surface area contributed by atoms with Gasteiger partial charge in [0.15, 0.2) is 0 Å². The predicted molar refractivity (Wildman–Crippen MR) is 69.3 cm³/mol. The maximum atomic E-state index is 14.0. The summed E-state index contributed by atoms with van der Waals surface area (Å²) in [6.07, 6.45) is 1.25. The third-order valence-corrected chi connectivity index (χ3v) is 3.54. The largest absolute Gasteiger partial charge is 0.298 e. The van der Waals surface area contributed by atoms with Gasteiger partial charge in [-0.3, -0.25) is 4.90 Å². The van der Waals surface area contributed by atoms with Crippen molar-refractivity contribution in [3.8, 4) is 6.07 Å². The van der Waals surface area contributed by atoms with Gasteiger partial charge in [-0.2, -0.15) is 5.26 Å². The van der Waals surface area contributed by atoms with Crippen LogP contribution < -0.4 is 0 Å².